The van der Waals surface area contributed by atoms with Crippen LogP contribution in [0.3, 0.4) is 0 Å². The smallest absolute Gasteiger partial charge is 0.218 e. The molecule has 0 aromatic heterocycles. The van der Waals surface area contributed by atoms with Crippen molar-refractivity contribution in [3.63, 3.8) is 0 Å². The average molecular weight is 369 g/mol. The second-order valence-electron chi connectivity index (χ2n) is 4.61. The van der Waals surface area contributed by atoms with Gasteiger partial charge in [0.25, 0.3) is 0 Å². The van der Waals surface area contributed by atoms with Gasteiger partial charge in [0.1, 0.15) is 9.30 Å². The van der Waals surface area contributed by atoms with Crippen molar-refractivity contribution in [1.82, 2.24) is 5.32 Å². The minimum atomic E-state index is -0.405. The Morgan fingerprint density at radius 2 is 1.84 bits per heavy atom. The van der Waals surface area contributed by atoms with E-state index in [1.165, 1.54) is 6.92 Å². The van der Waals surface area contributed by atoms with E-state index in [1.54, 1.807) is 7.11 Å². The molecule has 100 valence electrons. The summed E-state index contributed by atoms with van der Waals surface area (Å²) in [7, 11) is 1.66. The second-order valence-corrected chi connectivity index (χ2v) is 6.77. The number of amides is 1. The molecule has 19 heavy (non-hydrogen) atoms. The maximum absolute atomic E-state index is 11.2. The molecule has 0 aliphatic rings. The molecule has 2 aromatic rings. The average Bonchev–Trinajstić information content (AvgIpc) is 2.36. The predicted octanol–water partition coefficient (Wildman–Crippen LogP) is 3.59. The van der Waals surface area contributed by atoms with Gasteiger partial charge in [0, 0.05) is 6.92 Å². The number of carbonyl (C=O) groups excluding carboxylic acids is 1. The zero-order valence-electron chi connectivity index (χ0n) is 11.2. The van der Waals surface area contributed by atoms with Crippen LogP contribution in [0.15, 0.2) is 36.4 Å². The maximum atomic E-state index is 11.2. The van der Waals surface area contributed by atoms with Gasteiger partial charge in [-0.25, -0.2) is 0 Å². The number of rotatable bonds is 3. The van der Waals surface area contributed by atoms with Gasteiger partial charge in [-0.15, -0.1) is 0 Å². The van der Waals surface area contributed by atoms with Gasteiger partial charge in [-0.1, -0.05) is 18.2 Å². The molecule has 4 heteroatoms. The van der Waals surface area contributed by atoms with Crippen LogP contribution in [-0.4, -0.2) is 13.0 Å². The lowest BCUT2D eigenvalue weighted by molar-refractivity contribution is -0.119. The number of alkyl halides is 1. The Hall–Kier alpha value is -1.30. The third-order valence-electron chi connectivity index (χ3n) is 3.00. The summed E-state index contributed by atoms with van der Waals surface area (Å²) < 4.78 is 4.81. The molecule has 3 nitrogen and oxygen atoms in total. The summed E-state index contributed by atoms with van der Waals surface area (Å²) >= 11 is 2.25. The first-order valence-electron chi connectivity index (χ1n) is 5.98. The number of benzene rings is 2. The van der Waals surface area contributed by atoms with Crippen molar-refractivity contribution < 1.29 is 9.53 Å². The van der Waals surface area contributed by atoms with Crippen LogP contribution in [0.1, 0.15) is 19.4 Å². The SMILES string of the molecule is COc1ccc2cc(C(C)(I)NC(C)=O)ccc2c1. The predicted molar refractivity (Wildman–Crippen MR) is 85.7 cm³/mol. The number of methoxy groups -OCH3 is 1. The molecular formula is C15H16INO2. The first-order valence-corrected chi connectivity index (χ1v) is 7.06. The van der Waals surface area contributed by atoms with E-state index in [4.69, 9.17) is 4.74 Å². The molecule has 0 saturated heterocycles. The number of hydrogen-bond acceptors (Lipinski definition) is 2. The monoisotopic (exact) mass is 369 g/mol. The first-order chi connectivity index (χ1) is 8.92. The fourth-order valence-corrected chi connectivity index (χ4v) is 2.76. The van der Waals surface area contributed by atoms with E-state index < -0.39 is 3.55 Å². The molecule has 0 heterocycles. The molecule has 0 aliphatic heterocycles. The highest BCUT2D eigenvalue weighted by Gasteiger charge is 2.23. The summed E-state index contributed by atoms with van der Waals surface area (Å²) in [5, 5.41) is 5.20. The molecule has 0 spiro atoms. The van der Waals surface area contributed by atoms with Crippen molar-refractivity contribution in [2.45, 2.75) is 17.4 Å². The van der Waals surface area contributed by atoms with Crippen LogP contribution in [0.5, 0.6) is 5.75 Å². The van der Waals surface area contributed by atoms with Gasteiger partial charge in [-0.2, -0.15) is 0 Å². The molecule has 1 unspecified atom stereocenters. The van der Waals surface area contributed by atoms with Crippen molar-refractivity contribution in [3.05, 3.63) is 42.0 Å². The maximum Gasteiger partial charge on any atom is 0.218 e. The Balaban J connectivity index is 2.44. The summed E-state index contributed by atoms with van der Waals surface area (Å²) in [5.41, 5.74) is 1.07. The molecular weight excluding hydrogens is 353 g/mol. The van der Waals surface area contributed by atoms with Crippen LogP contribution < -0.4 is 10.1 Å². The van der Waals surface area contributed by atoms with Gasteiger partial charge in [0.05, 0.1) is 7.11 Å². The zero-order chi connectivity index (χ0) is 14.0. The fraction of sp³-hybridized carbons (Fsp3) is 0.267. The van der Waals surface area contributed by atoms with Gasteiger partial charge in [-0.3, -0.25) is 4.79 Å². The Morgan fingerprint density at radius 1 is 1.21 bits per heavy atom. The van der Waals surface area contributed by atoms with E-state index in [-0.39, 0.29) is 5.91 Å². The van der Waals surface area contributed by atoms with E-state index in [0.717, 1.165) is 22.1 Å². The highest BCUT2D eigenvalue weighted by molar-refractivity contribution is 14.1. The highest BCUT2D eigenvalue weighted by Crippen LogP contribution is 2.31. The zero-order valence-corrected chi connectivity index (χ0v) is 13.3. The molecule has 1 N–H and O–H groups in total. The Labute approximate surface area is 126 Å². The quantitative estimate of drug-likeness (QED) is 0.510. The molecule has 0 saturated carbocycles. The van der Waals surface area contributed by atoms with Crippen molar-refractivity contribution in [1.29, 1.82) is 0 Å². The Morgan fingerprint density at radius 3 is 2.47 bits per heavy atom. The summed E-state index contributed by atoms with van der Waals surface area (Å²) in [6.45, 7) is 3.52. The minimum absolute atomic E-state index is 0.0354. The van der Waals surface area contributed by atoms with Crippen LogP contribution in [0.4, 0.5) is 0 Å². The largest absolute Gasteiger partial charge is 0.497 e. The molecule has 0 aliphatic carbocycles. The van der Waals surface area contributed by atoms with Gasteiger partial charge in [0.15, 0.2) is 0 Å². The van der Waals surface area contributed by atoms with Crippen molar-refractivity contribution in [3.8, 4) is 5.75 Å². The van der Waals surface area contributed by atoms with Gasteiger partial charge in [-0.05, 0) is 64.0 Å². The van der Waals surface area contributed by atoms with Crippen molar-refractivity contribution >= 4 is 39.3 Å². The van der Waals surface area contributed by atoms with E-state index in [9.17, 15) is 4.79 Å². The Bertz CT molecular complexity index is 623. The van der Waals surface area contributed by atoms with E-state index in [1.807, 2.05) is 37.3 Å². The second kappa shape index (κ2) is 5.36. The van der Waals surface area contributed by atoms with Crippen LogP contribution in [0, 0.1) is 0 Å². The third-order valence-corrected chi connectivity index (χ3v) is 3.89. The summed E-state index contributed by atoms with van der Waals surface area (Å²) in [6, 6.07) is 12.1. The van der Waals surface area contributed by atoms with Gasteiger partial charge >= 0.3 is 0 Å². The lowest BCUT2D eigenvalue weighted by Crippen LogP contribution is -2.36. The van der Waals surface area contributed by atoms with Crippen LogP contribution in [0.25, 0.3) is 10.8 Å². The van der Waals surface area contributed by atoms with Crippen LogP contribution in [-0.2, 0) is 8.34 Å². The molecule has 1 amide bonds. The lowest BCUT2D eigenvalue weighted by atomic mass is 10.0. The van der Waals surface area contributed by atoms with Crippen molar-refractivity contribution in [2.75, 3.05) is 7.11 Å². The third kappa shape index (κ3) is 3.18. The van der Waals surface area contributed by atoms with E-state index >= 15 is 0 Å². The molecule has 2 rings (SSSR count). The number of hydrogen-bond donors (Lipinski definition) is 1. The summed E-state index contributed by atoms with van der Waals surface area (Å²) in [5.74, 6) is 0.811. The summed E-state index contributed by atoms with van der Waals surface area (Å²) in [4.78, 5) is 11.2. The molecule has 2 aromatic carbocycles. The normalized spacial score (nSPS) is 13.9. The number of ether oxygens (including phenoxy) is 1. The van der Waals surface area contributed by atoms with E-state index in [0.29, 0.717) is 0 Å². The van der Waals surface area contributed by atoms with E-state index in [2.05, 4.69) is 34.0 Å². The number of nitrogens with one attached hydrogen (secondary N) is 1. The fourth-order valence-electron chi connectivity index (χ4n) is 2.05. The molecule has 1 atom stereocenters. The van der Waals surface area contributed by atoms with Crippen LogP contribution >= 0.6 is 22.6 Å². The first kappa shape index (κ1) is 14.1. The topological polar surface area (TPSA) is 38.3 Å². The van der Waals surface area contributed by atoms with Crippen molar-refractivity contribution in [2.24, 2.45) is 0 Å². The van der Waals surface area contributed by atoms with Gasteiger partial charge in [0.2, 0.25) is 5.91 Å². The highest BCUT2D eigenvalue weighted by atomic mass is 127. The Kier molecular flexibility index (Phi) is 3.99. The molecule has 0 bridgehead atoms. The number of carbonyl (C=O) groups is 1. The van der Waals surface area contributed by atoms with Gasteiger partial charge < -0.3 is 10.1 Å². The number of halogens is 1. The molecule has 0 fully saturated rings. The number of fused-ring (bicyclic) bond motifs is 1. The molecule has 0 radical (unpaired) electrons. The lowest BCUT2D eigenvalue weighted by Gasteiger charge is -2.24. The summed E-state index contributed by atoms with van der Waals surface area (Å²) in [6.07, 6.45) is 0. The standard InChI is InChI=1S/C15H16INO2/c1-10(18)17-15(2,16)13-6-4-12-9-14(19-3)7-5-11(12)8-13/h4-9H,1-3H3,(H,17,18). The van der Waals surface area contributed by atoms with Crippen LogP contribution in [0.2, 0.25) is 0 Å². The minimum Gasteiger partial charge on any atom is -0.497 e.